The molecule has 0 heterocycles. The van der Waals surface area contributed by atoms with Crippen molar-refractivity contribution >= 4 is 52.7 Å². The minimum absolute atomic E-state index is 0.0313. The van der Waals surface area contributed by atoms with E-state index < -0.39 is 46.3 Å². The van der Waals surface area contributed by atoms with Crippen molar-refractivity contribution in [2.75, 3.05) is 32.6 Å². The Morgan fingerprint density at radius 1 is 0.872 bits per heavy atom. The number of nitrogens with zero attached hydrogens (tertiary/aromatic N) is 1. The number of phenols is 1. The van der Waals surface area contributed by atoms with Gasteiger partial charge >= 0.3 is 17.9 Å². The van der Waals surface area contributed by atoms with Crippen LogP contribution in [0.4, 0.5) is 5.69 Å². The molecule has 3 aromatic carbocycles. The summed E-state index contributed by atoms with van der Waals surface area (Å²) >= 11 is 12.3. The molecular weight excluding hydrogens is 551 g/mol. The molecule has 0 aliphatic heterocycles. The topological polar surface area (TPSA) is 153 Å². The fourth-order valence-corrected chi connectivity index (χ4v) is 4.17. The number of carboxylic acid groups (broad SMARTS) is 2. The predicted molar refractivity (Wildman–Crippen MR) is 145 cm³/mol. The van der Waals surface area contributed by atoms with Crippen LogP contribution in [-0.2, 0) is 4.74 Å². The SMILES string of the molecule is CN(C)CCCOC(=O)c1ccc(-c2ccc(Cl)cc2Cl)cc1NC(=O)c1cc(C(=O)O)c(O)cc1C(=O)O. The van der Waals surface area contributed by atoms with Crippen LogP contribution in [0.25, 0.3) is 11.1 Å². The van der Waals surface area contributed by atoms with Gasteiger partial charge < -0.3 is 30.3 Å². The second-order valence-corrected chi connectivity index (χ2v) is 9.50. The molecule has 204 valence electrons. The second kappa shape index (κ2) is 12.6. The maximum atomic E-state index is 13.2. The summed E-state index contributed by atoms with van der Waals surface area (Å²) < 4.78 is 5.35. The van der Waals surface area contributed by atoms with Crippen LogP contribution in [0.5, 0.6) is 5.75 Å². The van der Waals surface area contributed by atoms with Crippen molar-refractivity contribution in [3.8, 4) is 16.9 Å². The number of anilines is 1. The van der Waals surface area contributed by atoms with Gasteiger partial charge in [0.25, 0.3) is 5.91 Å². The predicted octanol–water partition coefficient (Wildman–Crippen LogP) is 5.12. The van der Waals surface area contributed by atoms with Crippen LogP contribution in [0.15, 0.2) is 48.5 Å². The summed E-state index contributed by atoms with van der Waals surface area (Å²) in [7, 11) is 3.75. The summed E-state index contributed by atoms with van der Waals surface area (Å²) in [5, 5.41) is 32.0. The molecule has 0 fully saturated rings. The van der Waals surface area contributed by atoms with E-state index >= 15 is 0 Å². The van der Waals surface area contributed by atoms with E-state index in [9.17, 15) is 34.5 Å². The third kappa shape index (κ3) is 7.26. The molecule has 0 saturated heterocycles. The van der Waals surface area contributed by atoms with Gasteiger partial charge in [-0.3, -0.25) is 4.79 Å². The number of amides is 1. The highest BCUT2D eigenvalue weighted by molar-refractivity contribution is 6.36. The van der Waals surface area contributed by atoms with Gasteiger partial charge in [0.2, 0.25) is 0 Å². The zero-order valence-corrected chi connectivity index (χ0v) is 22.3. The lowest BCUT2D eigenvalue weighted by atomic mass is 10.00. The first-order chi connectivity index (χ1) is 18.4. The monoisotopic (exact) mass is 574 g/mol. The second-order valence-electron chi connectivity index (χ2n) is 8.66. The van der Waals surface area contributed by atoms with Gasteiger partial charge in [-0.25, -0.2) is 14.4 Å². The van der Waals surface area contributed by atoms with Gasteiger partial charge in [-0.2, -0.15) is 0 Å². The van der Waals surface area contributed by atoms with Gasteiger partial charge in [-0.05, 0) is 62.5 Å². The zero-order chi connectivity index (χ0) is 28.9. The summed E-state index contributed by atoms with van der Waals surface area (Å²) in [6.45, 7) is 0.786. The highest BCUT2D eigenvalue weighted by Gasteiger charge is 2.24. The van der Waals surface area contributed by atoms with Gasteiger partial charge in [0.1, 0.15) is 11.3 Å². The standard InChI is InChI=1S/C27H24Cl2N2O8/c1-31(2)8-3-9-39-27(38)17-6-4-14(16-7-5-15(28)11-21(16)29)10-22(17)30-24(33)18-12-20(26(36)37)23(32)13-19(18)25(34)35/h4-7,10-13,32H,3,8-9H2,1-2H3,(H,30,33)(H,34,35)(H,36,37). The Morgan fingerprint density at radius 3 is 2.18 bits per heavy atom. The number of carbonyl (C=O) groups is 4. The van der Waals surface area contributed by atoms with E-state index in [4.69, 9.17) is 27.9 Å². The van der Waals surface area contributed by atoms with Gasteiger partial charge in [0.15, 0.2) is 0 Å². The number of benzene rings is 3. The van der Waals surface area contributed by atoms with Crippen LogP contribution in [-0.4, -0.2) is 71.3 Å². The maximum absolute atomic E-state index is 13.2. The number of ether oxygens (including phenoxy) is 1. The Bertz CT molecular complexity index is 1460. The summed E-state index contributed by atoms with van der Waals surface area (Å²) in [4.78, 5) is 51.3. The van der Waals surface area contributed by atoms with Crippen LogP contribution < -0.4 is 5.32 Å². The Hall–Kier alpha value is -4.12. The van der Waals surface area contributed by atoms with Crippen molar-refractivity contribution < 1.29 is 39.2 Å². The maximum Gasteiger partial charge on any atom is 0.340 e. The molecule has 3 rings (SSSR count). The number of carbonyl (C=O) groups excluding carboxylic acids is 2. The third-order valence-electron chi connectivity index (χ3n) is 5.55. The van der Waals surface area contributed by atoms with Crippen molar-refractivity contribution in [3.63, 3.8) is 0 Å². The molecule has 3 aromatic rings. The molecule has 0 spiro atoms. The number of esters is 1. The highest BCUT2D eigenvalue weighted by atomic mass is 35.5. The average Bonchev–Trinajstić information content (AvgIpc) is 2.85. The normalized spacial score (nSPS) is 10.8. The zero-order valence-electron chi connectivity index (χ0n) is 20.8. The molecule has 0 aliphatic rings. The molecular formula is C27H24Cl2N2O8. The lowest BCUT2D eigenvalue weighted by Crippen LogP contribution is -2.20. The highest BCUT2D eigenvalue weighted by Crippen LogP contribution is 2.34. The third-order valence-corrected chi connectivity index (χ3v) is 6.10. The van der Waals surface area contributed by atoms with Crippen molar-refractivity contribution in [2.45, 2.75) is 6.42 Å². The lowest BCUT2D eigenvalue weighted by molar-refractivity contribution is 0.0493. The first-order valence-corrected chi connectivity index (χ1v) is 12.2. The van der Waals surface area contributed by atoms with Crippen molar-refractivity contribution in [1.82, 2.24) is 4.90 Å². The molecule has 10 nitrogen and oxygen atoms in total. The van der Waals surface area contributed by atoms with E-state index in [0.717, 1.165) is 6.07 Å². The molecule has 0 aromatic heterocycles. The molecule has 4 N–H and O–H groups in total. The summed E-state index contributed by atoms with van der Waals surface area (Å²) in [5.74, 6) is -5.74. The Kier molecular flexibility index (Phi) is 9.52. The minimum Gasteiger partial charge on any atom is -0.507 e. The van der Waals surface area contributed by atoms with Crippen LogP contribution in [0.3, 0.4) is 0 Å². The molecule has 39 heavy (non-hydrogen) atoms. The number of aromatic carboxylic acids is 2. The smallest absolute Gasteiger partial charge is 0.340 e. The molecule has 0 atom stereocenters. The fourth-order valence-electron chi connectivity index (χ4n) is 3.65. The van der Waals surface area contributed by atoms with E-state index in [1.54, 1.807) is 18.2 Å². The molecule has 0 bridgehead atoms. The largest absolute Gasteiger partial charge is 0.507 e. The number of nitrogens with one attached hydrogen (secondary N) is 1. The van der Waals surface area contributed by atoms with E-state index in [0.29, 0.717) is 40.2 Å². The Balaban J connectivity index is 2.06. The first kappa shape index (κ1) is 29.4. The molecule has 1 amide bonds. The quantitative estimate of drug-likeness (QED) is 0.191. The molecule has 12 heteroatoms. The van der Waals surface area contributed by atoms with Gasteiger partial charge in [-0.1, -0.05) is 35.3 Å². The Morgan fingerprint density at radius 2 is 1.56 bits per heavy atom. The molecule has 0 aliphatic carbocycles. The van der Waals surface area contributed by atoms with Crippen molar-refractivity contribution in [1.29, 1.82) is 0 Å². The summed E-state index contributed by atoms with van der Waals surface area (Å²) in [6, 6.07) is 10.6. The summed E-state index contributed by atoms with van der Waals surface area (Å²) in [6.07, 6.45) is 0.562. The molecule has 0 saturated carbocycles. The van der Waals surface area contributed by atoms with Crippen molar-refractivity contribution in [3.05, 3.63) is 80.8 Å². The molecule has 0 radical (unpaired) electrons. The van der Waals surface area contributed by atoms with E-state index in [1.807, 2.05) is 19.0 Å². The van der Waals surface area contributed by atoms with Crippen LogP contribution in [0.1, 0.15) is 47.9 Å². The Labute approximate surface area is 233 Å². The van der Waals surface area contributed by atoms with Gasteiger partial charge in [0.05, 0.1) is 29.0 Å². The number of aromatic hydroxyl groups is 1. The number of carboxylic acids is 2. The van der Waals surface area contributed by atoms with Crippen LogP contribution >= 0.6 is 23.2 Å². The van der Waals surface area contributed by atoms with E-state index in [1.165, 1.54) is 18.2 Å². The number of rotatable bonds is 10. The number of hydrogen-bond acceptors (Lipinski definition) is 7. The average molecular weight is 575 g/mol. The fraction of sp³-hybridized carbons (Fsp3) is 0.185. The van der Waals surface area contributed by atoms with Crippen LogP contribution in [0, 0.1) is 0 Å². The lowest BCUT2D eigenvalue weighted by Gasteiger charge is -2.15. The van der Waals surface area contributed by atoms with E-state index in [-0.39, 0.29) is 17.9 Å². The minimum atomic E-state index is -1.57. The van der Waals surface area contributed by atoms with Gasteiger partial charge in [0, 0.05) is 22.2 Å². The number of hydrogen-bond donors (Lipinski definition) is 4. The van der Waals surface area contributed by atoms with E-state index in [2.05, 4.69) is 5.32 Å². The van der Waals surface area contributed by atoms with Crippen molar-refractivity contribution in [2.24, 2.45) is 0 Å². The first-order valence-electron chi connectivity index (χ1n) is 11.4. The van der Waals surface area contributed by atoms with Gasteiger partial charge in [-0.15, -0.1) is 0 Å². The summed E-state index contributed by atoms with van der Waals surface area (Å²) in [5.41, 5.74) is -0.901. The molecule has 0 unspecified atom stereocenters. The number of halogens is 2. The van der Waals surface area contributed by atoms with Crippen LogP contribution in [0.2, 0.25) is 10.0 Å².